The van der Waals surface area contributed by atoms with E-state index < -0.39 is 12.7 Å². The van der Waals surface area contributed by atoms with Crippen LogP contribution in [-0.2, 0) is 13.0 Å². The summed E-state index contributed by atoms with van der Waals surface area (Å²) in [5.41, 5.74) is 0.733. The average Bonchev–Trinajstić information content (AvgIpc) is 2.67. The Kier molecular flexibility index (Phi) is 3.42. The molecule has 3 nitrogen and oxygen atoms in total. The molecule has 0 saturated heterocycles. The minimum absolute atomic E-state index is 0.100. The number of fused-ring (bicyclic) bond motifs is 1. The lowest BCUT2D eigenvalue weighted by Gasteiger charge is -2.11. The van der Waals surface area contributed by atoms with Crippen molar-refractivity contribution in [3.8, 4) is 0 Å². The molecule has 0 atom stereocenters. The van der Waals surface area contributed by atoms with Gasteiger partial charge in [0.25, 0.3) is 0 Å². The third kappa shape index (κ3) is 2.51. The highest BCUT2D eigenvalue weighted by Gasteiger charge is 2.30. The Morgan fingerprint density at radius 1 is 1.42 bits per heavy atom. The second-order valence-electron chi connectivity index (χ2n) is 3.96. The lowest BCUT2D eigenvalue weighted by Crippen LogP contribution is -2.19. The number of benzene rings is 1. The van der Waals surface area contributed by atoms with Crippen LogP contribution in [0.15, 0.2) is 12.1 Å². The fourth-order valence-electron chi connectivity index (χ4n) is 1.91. The van der Waals surface area contributed by atoms with E-state index in [9.17, 15) is 13.2 Å². The van der Waals surface area contributed by atoms with Gasteiger partial charge in [-0.05, 0) is 6.07 Å². The zero-order valence-electron chi connectivity index (χ0n) is 9.92. The zero-order valence-corrected chi connectivity index (χ0v) is 10.7. The van der Waals surface area contributed by atoms with E-state index in [1.165, 1.54) is 12.1 Å². The van der Waals surface area contributed by atoms with Crippen molar-refractivity contribution in [2.24, 2.45) is 0 Å². The second kappa shape index (κ2) is 4.74. The standard InChI is InChI=1S/C12H9ClF3N3/c1-3-9-18-11-8(19(9)6-12(14,15)16)5-4-7(17-2)10(11)13/h4-5H,3,6H2,1H3. The molecule has 0 aliphatic rings. The normalized spacial score (nSPS) is 11.8. The molecule has 100 valence electrons. The first-order chi connectivity index (χ1) is 8.87. The average molecular weight is 288 g/mol. The topological polar surface area (TPSA) is 22.2 Å². The molecule has 0 radical (unpaired) electrons. The van der Waals surface area contributed by atoms with Gasteiger partial charge in [0.1, 0.15) is 12.4 Å². The van der Waals surface area contributed by atoms with Crippen LogP contribution in [0.2, 0.25) is 5.02 Å². The highest BCUT2D eigenvalue weighted by molar-refractivity contribution is 6.37. The smallest absolute Gasteiger partial charge is 0.319 e. The molecule has 0 spiro atoms. The van der Waals surface area contributed by atoms with Gasteiger partial charge >= 0.3 is 6.18 Å². The van der Waals surface area contributed by atoms with E-state index >= 15 is 0 Å². The summed E-state index contributed by atoms with van der Waals surface area (Å²) in [6.07, 6.45) is -3.98. The maximum atomic E-state index is 12.6. The summed E-state index contributed by atoms with van der Waals surface area (Å²) < 4.78 is 38.8. The van der Waals surface area contributed by atoms with Crippen LogP contribution in [0.5, 0.6) is 0 Å². The minimum Gasteiger partial charge on any atom is -0.319 e. The molecule has 2 aromatic rings. The zero-order chi connectivity index (χ0) is 14.2. The van der Waals surface area contributed by atoms with Crippen LogP contribution in [-0.4, -0.2) is 15.7 Å². The fraction of sp³-hybridized carbons (Fsp3) is 0.333. The number of alkyl halides is 3. The van der Waals surface area contributed by atoms with Gasteiger partial charge in [-0.3, -0.25) is 0 Å². The summed E-state index contributed by atoms with van der Waals surface area (Å²) in [5, 5.41) is 0.100. The second-order valence-corrected chi connectivity index (χ2v) is 4.34. The molecule has 0 N–H and O–H groups in total. The number of rotatable bonds is 2. The van der Waals surface area contributed by atoms with Crippen LogP contribution in [0.4, 0.5) is 18.9 Å². The van der Waals surface area contributed by atoms with E-state index in [-0.39, 0.29) is 16.2 Å². The molecule has 2 rings (SSSR count). The van der Waals surface area contributed by atoms with Gasteiger partial charge in [-0.25, -0.2) is 9.83 Å². The number of hydrogen-bond acceptors (Lipinski definition) is 1. The molecule has 1 aromatic carbocycles. The van der Waals surface area contributed by atoms with Crippen molar-refractivity contribution in [3.05, 3.63) is 34.4 Å². The minimum atomic E-state index is -4.33. The molecule has 0 amide bonds. The van der Waals surface area contributed by atoms with Crippen molar-refractivity contribution >= 4 is 28.3 Å². The highest BCUT2D eigenvalue weighted by Crippen LogP contribution is 2.34. The molecule has 0 saturated carbocycles. The van der Waals surface area contributed by atoms with E-state index in [1.807, 2.05) is 0 Å². The van der Waals surface area contributed by atoms with Crippen molar-refractivity contribution in [2.45, 2.75) is 26.1 Å². The Morgan fingerprint density at radius 3 is 2.63 bits per heavy atom. The summed E-state index contributed by atoms with van der Waals surface area (Å²) in [5.74, 6) is 0.302. The predicted molar refractivity (Wildman–Crippen MR) is 66.4 cm³/mol. The maximum absolute atomic E-state index is 12.6. The SMILES string of the molecule is [C-]#[N+]c1ccc2c(nc(CC)n2CC(F)(F)F)c1Cl. The molecule has 0 bridgehead atoms. The third-order valence-electron chi connectivity index (χ3n) is 2.69. The molecule has 7 heteroatoms. The van der Waals surface area contributed by atoms with Crippen LogP contribution in [0.25, 0.3) is 15.9 Å². The number of aromatic nitrogens is 2. The molecule has 1 heterocycles. The Balaban J connectivity index is 2.70. The number of nitrogens with zero attached hydrogens (tertiary/aromatic N) is 3. The van der Waals surface area contributed by atoms with Crippen molar-refractivity contribution in [1.82, 2.24) is 9.55 Å². The van der Waals surface area contributed by atoms with E-state index in [4.69, 9.17) is 18.2 Å². The van der Waals surface area contributed by atoms with Gasteiger partial charge in [0.05, 0.1) is 22.6 Å². The molecule has 0 unspecified atom stereocenters. The molecule has 19 heavy (non-hydrogen) atoms. The van der Waals surface area contributed by atoms with Crippen LogP contribution in [0, 0.1) is 6.57 Å². The number of halogens is 4. The van der Waals surface area contributed by atoms with Crippen molar-refractivity contribution < 1.29 is 13.2 Å². The largest absolute Gasteiger partial charge is 0.406 e. The number of hydrogen-bond donors (Lipinski definition) is 0. The first kappa shape index (κ1) is 13.7. The Bertz CT molecular complexity index is 667. The Hall–Kier alpha value is -1.74. The van der Waals surface area contributed by atoms with Crippen LogP contribution >= 0.6 is 11.6 Å². The summed E-state index contributed by atoms with van der Waals surface area (Å²) in [6, 6.07) is 2.86. The third-order valence-corrected chi connectivity index (χ3v) is 3.06. The van der Waals surface area contributed by atoms with Gasteiger partial charge in [-0.15, -0.1) is 0 Å². The first-order valence-electron chi connectivity index (χ1n) is 5.49. The number of aryl methyl sites for hydroxylation is 1. The Morgan fingerprint density at radius 2 is 2.11 bits per heavy atom. The maximum Gasteiger partial charge on any atom is 0.406 e. The summed E-state index contributed by atoms with van der Waals surface area (Å²) in [7, 11) is 0. The van der Waals surface area contributed by atoms with Crippen molar-refractivity contribution in [1.29, 1.82) is 0 Å². The predicted octanol–water partition coefficient (Wildman–Crippen LogP) is 4.37. The monoisotopic (exact) mass is 287 g/mol. The molecule has 1 aromatic heterocycles. The van der Waals surface area contributed by atoms with Crippen molar-refractivity contribution in [2.75, 3.05) is 0 Å². The molecule has 0 aliphatic carbocycles. The lowest BCUT2D eigenvalue weighted by atomic mass is 10.2. The fourth-order valence-corrected chi connectivity index (χ4v) is 2.15. The molecule has 0 fully saturated rings. The van der Waals surface area contributed by atoms with Gasteiger partial charge in [0.2, 0.25) is 5.69 Å². The summed E-state index contributed by atoms with van der Waals surface area (Å²) in [6.45, 7) is 7.54. The molecular weight excluding hydrogens is 279 g/mol. The summed E-state index contributed by atoms with van der Waals surface area (Å²) in [4.78, 5) is 7.32. The summed E-state index contributed by atoms with van der Waals surface area (Å²) >= 11 is 5.98. The molecular formula is C12H9ClF3N3. The van der Waals surface area contributed by atoms with Crippen molar-refractivity contribution in [3.63, 3.8) is 0 Å². The van der Waals surface area contributed by atoms with Crippen LogP contribution in [0.1, 0.15) is 12.7 Å². The van der Waals surface area contributed by atoms with Gasteiger partial charge in [0, 0.05) is 6.42 Å². The quantitative estimate of drug-likeness (QED) is 0.752. The van der Waals surface area contributed by atoms with Gasteiger partial charge in [-0.2, -0.15) is 13.2 Å². The van der Waals surface area contributed by atoms with Gasteiger partial charge < -0.3 is 4.57 Å². The van der Waals surface area contributed by atoms with E-state index in [1.54, 1.807) is 6.92 Å². The molecule has 0 aliphatic heterocycles. The van der Waals surface area contributed by atoms with E-state index in [2.05, 4.69) is 9.83 Å². The van der Waals surface area contributed by atoms with Crippen LogP contribution < -0.4 is 0 Å². The Labute approximate surface area is 112 Å². The van der Waals surface area contributed by atoms with Gasteiger partial charge in [0.15, 0.2) is 0 Å². The lowest BCUT2D eigenvalue weighted by molar-refractivity contribution is -0.140. The van der Waals surface area contributed by atoms with Crippen LogP contribution in [0.3, 0.4) is 0 Å². The first-order valence-corrected chi connectivity index (χ1v) is 5.87. The van der Waals surface area contributed by atoms with E-state index in [0.29, 0.717) is 17.8 Å². The highest BCUT2D eigenvalue weighted by atomic mass is 35.5. The van der Waals surface area contributed by atoms with Gasteiger partial charge in [-0.1, -0.05) is 24.6 Å². The number of imidazole rings is 1. The van der Waals surface area contributed by atoms with E-state index in [0.717, 1.165) is 4.57 Å².